The van der Waals surface area contributed by atoms with Crippen LogP contribution in [0.3, 0.4) is 0 Å². The van der Waals surface area contributed by atoms with E-state index in [9.17, 15) is 9.59 Å². The summed E-state index contributed by atoms with van der Waals surface area (Å²) in [6.45, 7) is 3.24. The molecule has 0 unspecified atom stereocenters. The highest BCUT2D eigenvalue weighted by molar-refractivity contribution is 6.05. The largest absolute Gasteiger partial charge is 0.376 e. The molecular weight excluding hydrogens is 390 g/mol. The molecule has 1 spiro atoms. The Morgan fingerprint density at radius 3 is 2.74 bits per heavy atom. The van der Waals surface area contributed by atoms with E-state index in [2.05, 4.69) is 10.3 Å². The first-order valence-electron chi connectivity index (χ1n) is 11.4. The second-order valence-electron chi connectivity index (χ2n) is 9.04. The summed E-state index contributed by atoms with van der Waals surface area (Å²) in [5.74, 6) is 0.111. The van der Waals surface area contributed by atoms with Crippen molar-refractivity contribution in [1.82, 2.24) is 9.88 Å². The lowest BCUT2D eigenvalue weighted by Crippen LogP contribution is -2.61. The van der Waals surface area contributed by atoms with Crippen LogP contribution in [0.5, 0.6) is 0 Å². The first-order valence-corrected chi connectivity index (χ1v) is 11.4. The Morgan fingerprint density at radius 2 is 2.00 bits per heavy atom. The van der Waals surface area contributed by atoms with Gasteiger partial charge in [0.15, 0.2) is 0 Å². The van der Waals surface area contributed by atoms with E-state index in [0.717, 1.165) is 56.3 Å². The molecule has 1 aliphatic carbocycles. The van der Waals surface area contributed by atoms with Gasteiger partial charge >= 0.3 is 0 Å². The van der Waals surface area contributed by atoms with Crippen LogP contribution < -0.4 is 5.32 Å². The van der Waals surface area contributed by atoms with Crippen LogP contribution in [0, 0.1) is 6.92 Å². The quantitative estimate of drug-likeness (QED) is 0.811. The minimum absolute atomic E-state index is 0.0334. The lowest BCUT2D eigenvalue weighted by molar-refractivity contribution is -0.121. The maximum atomic E-state index is 13.8. The molecule has 1 aromatic carbocycles. The van der Waals surface area contributed by atoms with Gasteiger partial charge in [0.05, 0.1) is 17.6 Å². The number of nitrogens with one attached hydrogen (secondary N) is 1. The molecule has 1 saturated heterocycles. The van der Waals surface area contributed by atoms with Gasteiger partial charge < -0.3 is 15.0 Å². The molecule has 2 amide bonds. The first kappa shape index (κ1) is 20.2. The fourth-order valence-electron chi connectivity index (χ4n) is 5.73. The standard InChI is InChI=1S/C25H29N3O3/c1-17-8-6-14-26-22(17)27-23(29)21-19-10-2-3-11-20(19)24(30)28(16-18-9-7-15-31-18)25(21)12-4-5-13-25/h2-3,6,8,10-11,14,18,21H,4-5,7,9,12-13,15-16H2,1H3,(H,26,27,29)/t18-,21-/m1/s1. The summed E-state index contributed by atoms with van der Waals surface area (Å²) >= 11 is 0. The van der Waals surface area contributed by atoms with Crippen molar-refractivity contribution < 1.29 is 14.3 Å². The molecule has 2 fully saturated rings. The van der Waals surface area contributed by atoms with Gasteiger partial charge in [-0.3, -0.25) is 9.59 Å². The Hall–Kier alpha value is -2.73. The molecule has 3 heterocycles. The SMILES string of the molecule is Cc1cccnc1NC(=O)[C@H]1c2ccccc2C(=O)N(C[C@H]2CCCO2)C12CCCC2. The number of pyridine rings is 1. The Kier molecular flexibility index (Phi) is 5.26. The van der Waals surface area contributed by atoms with E-state index in [-0.39, 0.29) is 17.9 Å². The van der Waals surface area contributed by atoms with E-state index < -0.39 is 11.5 Å². The van der Waals surface area contributed by atoms with Gasteiger partial charge in [0.1, 0.15) is 5.82 Å². The van der Waals surface area contributed by atoms with E-state index in [1.165, 1.54) is 0 Å². The summed E-state index contributed by atoms with van der Waals surface area (Å²) in [6.07, 6.45) is 7.43. The van der Waals surface area contributed by atoms with Gasteiger partial charge in [-0.05, 0) is 55.9 Å². The van der Waals surface area contributed by atoms with Gasteiger partial charge in [0.2, 0.25) is 5.91 Å². The van der Waals surface area contributed by atoms with Crippen molar-refractivity contribution in [3.63, 3.8) is 0 Å². The number of amides is 2. The summed E-state index contributed by atoms with van der Waals surface area (Å²) in [7, 11) is 0. The predicted molar refractivity (Wildman–Crippen MR) is 118 cm³/mol. The van der Waals surface area contributed by atoms with Crippen molar-refractivity contribution in [1.29, 1.82) is 0 Å². The van der Waals surface area contributed by atoms with Crippen LogP contribution in [0.15, 0.2) is 42.6 Å². The van der Waals surface area contributed by atoms with Gasteiger partial charge in [-0.25, -0.2) is 4.98 Å². The molecule has 2 aliphatic heterocycles. The third kappa shape index (κ3) is 3.43. The summed E-state index contributed by atoms with van der Waals surface area (Å²) < 4.78 is 5.90. The van der Waals surface area contributed by atoms with E-state index in [1.807, 2.05) is 48.2 Å². The lowest BCUT2D eigenvalue weighted by Gasteiger charge is -2.50. The molecule has 1 saturated carbocycles. The predicted octanol–water partition coefficient (Wildman–Crippen LogP) is 4.06. The summed E-state index contributed by atoms with van der Waals surface area (Å²) in [5.41, 5.74) is 1.89. The summed E-state index contributed by atoms with van der Waals surface area (Å²) in [6, 6.07) is 11.4. The van der Waals surface area contributed by atoms with Crippen molar-refractivity contribution >= 4 is 17.6 Å². The van der Waals surface area contributed by atoms with Crippen molar-refractivity contribution in [2.45, 2.75) is 63.0 Å². The van der Waals surface area contributed by atoms with E-state index in [4.69, 9.17) is 4.74 Å². The van der Waals surface area contributed by atoms with Crippen molar-refractivity contribution in [3.8, 4) is 0 Å². The number of fused-ring (bicyclic) bond motifs is 1. The smallest absolute Gasteiger partial charge is 0.254 e. The van der Waals surface area contributed by atoms with Crippen LogP contribution in [-0.4, -0.2) is 46.5 Å². The van der Waals surface area contributed by atoms with Crippen molar-refractivity contribution in [3.05, 3.63) is 59.3 Å². The molecule has 162 valence electrons. The van der Waals surface area contributed by atoms with Crippen molar-refractivity contribution in [2.75, 3.05) is 18.5 Å². The second-order valence-corrected chi connectivity index (χ2v) is 9.04. The van der Waals surface area contributed by atoms with Crippen LogP contribution >= 0.6 is 0 Å². The molecule has 6 heteroatoms. The van der Waals surface area contributed by atoms with Gasteiger partial charge in [0.25, 0.3) is 5.91 Å². The zero-order valence-corrected chi connectivity index (χ0v) is 18.0. The normalized spacial score (nSPS) is 24.4. The minimum atomic E-state index is -0.510. The molecule has 1 N–H and O–H groups in total. The first-order chi connectivity index (χ1) is 15.1. The lowest BCUT2D eigenvalue weighted by atomic mass is 9.71. The number of aromatic nitrogens is 1. The molecule has 0 bridgehead atoms. The molecular formula is C25H29N3O3. The molecule has 6 nitrogen and oxygen atoms in total. The molecule has 5 rings (SSSR count). The fraction of sp³-hybridized carbons (Fsp3) is 0.480. The van der Waals surface area contributed by atoms with Crippen LogP contribution in [0.25, 0.3) is 0 Å². The monoisotopic (exact) mass is 419 g/mol. The third-order valence-corrected chi connectivity index (χ3v) is 7.22. The molecule has 31 heavy (non-hydrogen) atoms. The topological polar surface area (TPSA) is 71.5 Å². The Bertz CT molecular complexity index is 993. The highest BCUT2D eigenvalue weighted by Crippen LogP contribution is 2.51. The van der Waals surface area contributed by atoms with Crippen LogP contribution in [0.4, 0.5) is 5.82 Å². The average molecular weight is 420 g/mol. The minimum Gasteiger partial charge on any atom is -0.376 e. The number of hydrogen-bond donors (Lipinski definition) is 1. The highest BCUT2D eigenvalue weighted by atomic mass is 16.5. The number of carbonyl (C=O) groups is 2. The van der Waals surface area contributed by atoms with Crippen LogP contribution in [-0.2, 0) is 9.53 Å². The van der Waals surface area contributed by atoms with Gasteiger partial charge in [-0.2, -0.15) is 0 Å². The number of benzene rings is 1. The number of hydrogen-bond acceptors (Lipinski definition) is 4. The highest BCUT2D eigenvalue weighted by Gasteiger charge is 2.56. The molecule has 3 aliphatic rings. The van der Waals surface area contributed by atoms with E-state index in [1.54, 1.807) is 6.20 Å². The molecule has 1 aromatic heterocycles. The number of nitrogens with zero attached hydrogens (tertiary/aromatic N) is 2. The summed E-state index contributed by atoms with van der Waals surface area (Å²) in [4.78, 5) is 33.8. The van der Waals surface area contributed by atoms with Crippen LogP contribution in [0.2, 0.25) is 0 Å². The molecule has 0 radical (unpaired) electrons. The Morgan fingerprint density at radius 1 is 1.19 bits per heavy atom. The van der Waals surface area contributed by atoms with Gasteiger partial charge in [0, 0.05) is 24.9 Å². The molecule has 2 aromatic rings. The molecule has 2 atom stereocenters. The van der Waals surface area contributed by atoms with Gasteiger partial charge in [-0.15, -0.1) is 0 Å². The van der Waals surface area contributed by atoms with E-state index in [0.29, 0.717) is 17.9 Å². The maximum absolute atomic E-state index is 13.8. The summed E-state index contributed by atoms with van der Waals surface area (Å²) in [5, 5.41) is 3.08. The number of ether oxygens (including phenoxy) is 1. The van der Waals surface area contributed by atoms with Crippen LogP contribution in [0.1, 0.15) is 65.9 Å². The average Bonchev–Trinajstić information content (AvgIpc) is 3.46. The fourth-order valence-corrected chi connectivity index (χ4v) is 5.73. The Balaban J connectivity index is 1.58. The zero-order valence-electron chi connectivity index (χ0n) is 18.0. The second kappa shape index (κ2) is 8.08. The number of rotatable bonds is 4. The maximum Gasteiger partial charge on any atom is 0.254 e. The third-order valence-electron chi connectivity index (χ3n) is 7.22. The number of carbonyl (C=O) groups excluding carboxylic acids is 2. The van der Waals surface area contributed by atoms with E-state index >= 15 is 0 Å². The zero-order chi connectivity index (χ0) is 21.4. The Labute approximate surface area is 183 Å². The van der Waals surface area contributed by atoms with Gasteiger partial charge in [-0.1, -0.05) is 37.1 Å². The number of anilines is 1. The number of aryl methyl sites for hydroxylation is 1. The van der Waals surface area contributed by atoms with Crippen molar-refractivity contribution in [2.24, 2.45) is 0 Å².